The van der Waals surface area contributed by atoms with Gasteiger partial charge in [0.25, 0.3) is 0 Å². The van der Waals surface area contributed by atoms with Crippen LogP contribution in [0.15, 0.2) is 24.3 Å². The molecule has 0 aliphatic carbocycles. The highest BCUT2D eigenvalue weighted by molar-refractivity contribution is 6.33. The molecule has 4 nitrogen and oxygen atoms in total. The van der Waals surface area contributed by atoms with Crippen LogP contribution in [0.1, 0.15) is 26.7 Å². The van der Waals surface area contributed by atoms with Gasteiger partial charge in [0.1, 0.15) is 0 Å². The van der Waals surface area contributed by atoms with Crippen molar-refractivity contribution in [1.82, 2.24) is 5.32 Å². The Morgan fingerprint density at radius 3 is 2.85 bits per heavy atom. The standard InChI is InChI=1S/C15H19ClN2O2/c1-3-10(2)17-15(20)11-8-14(19)18(9-11)13-7-5-4-6-12(13)16/h4-7,10-11H,3,8-9H2,1-2H3,(H,17,20). The number of carbonyl (C=O) groups excluding carboxylic acids is 2. The number of carbonyl (C=O) groups is 2. The average Bonchev–Trinajstić information content (AvgIpc) is 2.81. The van der Waals surface area contributed by atoms with Gasteiger partial charge in [-0.15, -0.1) is 0 Å². The molecule has 1 fully saturated rings. The summed E-state index contributed by atoms with van der Waals surface area (Å²) in [5.74, 6) is -0.405. The minimum absolute atomic E-state index is 0.0533. The normalized spacial score (nSPS) is 20.1. The Balaban J connectivity index is 2.08. The lowest BCUT2D eigenvalue weighted by Crippen LogP contribution is -2.38. The van der Waals surface area contributed by atoms with E-state index in [-0.39, 0.29) is 30.2 Å². The number of halogens is 1. The van der Waals surface area contributed by atoms with Gasteiger partial charge in [-0.1, -0.05) is 30.7 Å². The van der Waals surface area contributed by atoms with Crippen LogP contribution in [0.3, 0.4) is 0 Å². The fourth-order valence-corrected chi connectivity index (χ4v) is 2.49. The highest BCUT2D eigenvalue weighted by Crippen LogP contribution is 2.31. The number of rotatable bonds is 4. The van der Waals surface area contributed by atoms with Gasteiger partial charge in [0.2, 0.25) is 11.8 Å². The van der Waals surface area contributed by atoms with Gasteiger partial charge in [0.05, 0.1) is 16.6 Å². The lowest BCUT2D eigenvalue weighted by Gasteiger charge is -2.18. The predicted molar refractivity (Wildman–Crippen MR) is 79.8 cm³/mol. The number of nitrogens with zero attached hydrogens (tertiary/aromatic N) is 1. The van der Waals surface area contributed by atoms with Crippen molar-refractivity contribution < 1.29 is 9.59 Å². The Morgan fingerprint density at radius 2 is 2.20 bits per heavy atom. The van der Waals surface area contributed by atoms with E-state index < -0.39 is 0 Å². The largest absolute Gasteiger partial charge is 0.353 e. The van der Waals surface area contributed by atoms with Gasteiger partial charge >= 0.3 is 0 Å². The molecule has 1 aliphatic rings. The van der Waals surface area contributed by atoms with Crippen molar-refractivity contribution in [3.8, 4) is 0 Å². The summed E-state index contributed by atoms with van der Waals surface area (Å²) >= 11 is 6.11. The zero-order valence-electron chi connectivity index (χ0n) is 11.7. The number of benzene rings is 1. The number of nitrogens with one attached hydrogen (secondary N) is 1. The second kappa shape index (κ2) is 6.27. The predicted octanol–water partition coefficient (Wildman–Crippen LogP) is 2.61. The maximum absolute atomic E-state index is 12.1. The summed E-state index contributed by atoms with van der Waals surface area (Å²) in [6.45, 7) is 4.37. The molecule has 1 aliphatic heterocycles. The van der Waals surface area contributed by atoms with Crippen LogP contribution >= 0.6 is 11.6 Å². The van der Waals surface area contributed by atoms with Gasteiger partial charge < -0.3 is 10.2 Å². The Labute approximate surface area is 124 Å². The molecule has 2 rings (SSSR count). The summed E-state index contributed by atoms with van der Waals surface area (Å²) in [7, 11) is 0. The monoisotopic (exact) mass is 294 g/mol. The summed E-state index contributed by atoms with van der Waals surface area (Å²) in [5, 5.41) is 3.46. The first-order valence-corrected chi connectivity index (χ1v) is 7.26. The SMILES string of the molecule is CCC(C)NC(=O)C1CC(=O)N(c2ccccc2Cl)C1. The molecular formula is C15H19ClN2O2. The topological polar surface area (TPSA) is 49.4 Å². The fourth-order valence-electron chi connectivity index (χ4n) is 2.25. The van der Waals surface area contributed by atoms with Crippen molar-refractivity contribution in [3.63, 3.8) is 0 Å². The van der Waals surface area contributed by atoms with Gasteiger partial charge in [0, 0.05) is 19.0 Å². The first-order valence-electron chi connectivity index (χ1n) is 6.88. The zero-order valence-corrected chi connectivity index (χ0v) is 12.5. The van der Waals surface area contributed by atoms with Crippen molar-refractivity contribution in [2.75, 3.05) is 11.4 Å². The van der Waals surface area contributed by atoms with Crippen molar-refractivity contribution in [2.45, 2.75) is 32.7 Å². The Morgan fingerprint density at radius 1 is 1.50 bits per heavy atom. The van der Waals surface area contributed by atoms with Crippen LogP contribution in [0.2, 0.25) is 5.02 Å². The third-order valence-corrected chi connectivity index (χ3v) is 3.96. The number of hydrogen-bond acceptors (Lipinski definition) is 2. The molecule has 0 saturated carbocycles. The molecule has 1 heterocycles. The molecule has 0 aromatic heterocycles. The number of hydrogen-bond donors (Lipinski definition) is 1. The van der Waals surface area contributed by atoms with E-state index in [1.165, 1.54) is 0 Å². The zero-order chi connectivity index (χ0) is 14.7. The molecule has 1 aromatic carbocycles. The molecule has 1 aromatic rings. The second-order valence-corrected chi connectivity index (χ2v) is 5.58. The molecule has 0 bridgehead atoms. The van der Waals surface area contributed by atoms with Gasteiger partial charge in [-0.05, 0) is 25.5 Å². The van der Waals surface area contributed by atoms with Gasteiger partial charge in [-0.2, -0.15) is 0 Å². The quantitative estimate of drug-likeness (QED) is 0.928. The van der Waals surface area contributed by atoms with Crippen LogP contribution in [0, 0.1) is 5.92 Å². The smallest absolute Gasteiger partial charge is 0.227 e. The number of amides is 2. The fraction of sp³-hybridized carbons (Fsp3) is 0.467. The maximum Gasteiger partial charge on any atom is 0.227 e. The van der Waals surface area contributed by atoms with Gasteiger partial charge in [-0.25, -0.2) is 0 Å². The average molecular weight is 295 g/mol. The van der Waals surface area contributed by atoms with E-state index >= 15 is 0 Å². The van der Waals surface area contributed by atoms with E-state index in [1.807, 2.05) is 26.0 Å². The van der Waals surface area contributed by atoms with E-state index in [2.05, 4.69) is 5.32 Å². The minimum Gasteiger partial charge on any atom is -0.353 e. The highest BCUT2D eigenvalue weighted by atomic mass is 35.5. The molecule has 0 spiro atoms. The molecule has 1 N–H and O–H groups in total. The maximum atomic E-state index is 12.1. The Bertz CT molecular complexity index is 518. The van der Waals surface area contributed by atoms with E-state index in [0.29, 0.717) is 17.3 Å². The molecule has 20 heavy (non-hydrogen) atoms. The van der Waals surface area contributed by atoms with Crippen molar-refractivity contribution >= 4 is 29.1 Å². The molecular weight excluding hydrogens is 276 g/mol. The molecule has 2 unspecified atom stereocenters. The van der Waals surface area contributed by atoms with Gasteiger partial charge in [0.15, 0.2) is 0 Å². The molecule has 2 atom stereocenters. The van der Waals surface area contributed by atoms with E-state index in [9.17, 15) is 9.59 Å². The second-order valence-electron chi connectivity index (χ2n) is 5.17. The molecule has 108 valence electrons. The van der Waals surface area contributed by atoms with Crippen LogP contribution in [-0.4, -0.2) is 24.4 Å². The first-order chi connectivity index (χ1) is 9.52. The third-order valence-electron chi connectivity index (χ3n) is 3.64. The molecule has 2 amide bonds. The van der Waals surface area contributed by atoms with Crippen LogP contribution in [0.25, 0.3) is 0 Å². The Hall–Kier alpha value is -1.55. The summed E-state index contributed by atoms with van der Waals surface area (Å²) in [6.07, 6.45) is 1.12. The number of para-hydroxylation sites is 1. The third kappa shape index (κ3) is 3.12. The van der Waals surface area contributed by atoms with Crippen LogP contribution in [0.4, 0.5) is 5.69 Å². The molecule has 1 saturated heterocycles. The van der Waals surface area contributed by atoms with E-state index in [1.54, 1.807) is 17.0 Å². The highest BCUT2D eigenvalue weighted by Gasteiger charge is 2.35. The summed E-state index contributed by atoms with van der Waals surface area (Å²) < 4.78 is 0. The van der Waals surface area contributed by atoms with Crippen molar-refractivity contribution in [3.05, 3.63) is 29.3 Å². The van der Waals surface area contributed by atoms with E-state index in [4.69, 9.17) is 11.6 Å². The number of anilines is 1. The first kappa shape index (κ1) is 14.9. The van der Waals surface area contributed by atoms with Crippen LogP contribution in [-0.2, 0) is 9.59 Å². The van der Waals surface area contributed by atoms with E-state index in [0.717, 1.165) is 6.42 Å². The molecule has 5 heteroatoms. The molecule has 0 radical (unpaired) electrons. The van der Waals surface area contributed by atoms with Gasteiger partial charge in [-0.3, -0.25) is 9.59 Å². The van der Waals surface area contributed by atoms with Crippen molar-refractivity contribution in [1.29, 1.82) is 0 Å². The lowest BCUT2D eigenvalue weighted by atomic mass is 10.1. The van der Waals surface area contributed by atoms with Crippen LogP contribution < -0.4 is 10.2 Å². The summed E-state index contributed by atoms with van der Waals surface area (Å²) in [5.41, 5.74) is 0.679. The lowest BCUT2D eigenvalue weighted by molar-refractivity contribution is -0.126. The minimum atomic E-state index is -0.298. The van der Waals surface area contributed by atoms with Crippen LogP contribution in [0.5, 0.6) is 0 Å². The van der Waals surface area contributed by atoms with Crippen molar-refractivity contribution in [2.24, 2.45) is 5.92 Å². The Kier molecular flexibility index (Phi) is 4.65. The summed E-state index contributed by atoms with van der Waals surface area (Å²) in [4.78, 5) is 25.8. The summed E-state index contributed by atoms with van der Waals surface area (Å²) in [6, 6.07) is 7.33.